The Kier molecular flexibility index (Phi) is 2.55. The molecule has 112 valence electrons. The predicted molar refractivity (Wildman–Crippen MR) is 88.5 cm³/mol. The molecule has 0 radical (unpaired) electrons. The number of hydrogen-bond donors (Lipinski definition) is 1. The minimum absolute atomic E-state index is 0.0703. The minimum atomic E-state index is 0.0703. The van der Waals surface area contributed by atoms with Crippen molar-refractivity contribution in [3.8, 4) is 0 Å². The van der Waals surface area contributed by atoms with Crippen LogP contribution >= 0.6 is 11.6 Å². The predicted octanol–water partition coefficient (Wildman–Crippen LogP) is 4.43. The van der Waals surface area contributed by atoms with Crippen LogP contribution in [0.4, 0.5) is 0 Å². The quantitative estimate of drug-likeness (QED) is 0.654. The summed E-state index contributed by atoms with van der Waals surface area (Å²) in [4.78, 5) is 8.46. The number of aromatic nitrogens is 3. The Hall–Kier alpha value is -1.74. The van der Waals surface area contributed by atoms with Crippen LogP contribution < -0.4 is 0 Å². The van der Waals surface area contributed by atoms with Crippen LogP contribution in [0.3, 0.4) is 0 Å². The van der Waals surface area contributed by atoms with Gasteiger partial charge in [-0.1, -0.05) is 11.6 Å². The second-order valence-electron chi connectivity index (χ2n) is 6.65. The third-order valence-corrected chi connectivity index (χ3v) is 5.76. The van der Waals surface area contributed by atoms with E-state index in [-0.39, 0.29) is 5.41 Å². The van der Waals surface area contributed by atoms with Gasteiger partial charge in [0.2, 0.25) is 0 Å². The molecule has 1 atom stereocenters. The maximum absolute atomic E-state index is 6.23. The van der Waals surface area contributed by atoms with E-state index in [1.807, 2.05) is 12.3 Å². The van der Waals surface area contributed by atoms with Crippen molar-refractivity contribution in [1.29, 1.82) is 0 Å². The fourth-order valence-electron chi connectivity index (χ4n) is 4.62. The minimum Gasteiger partial charge on any atom is -0.357 e. The summed E-state index contributed by atoms with van der Waals surface area (Å²) < 4.78 is 2.34. The van der Waals surface area contributed by atoms with Crippen molar-refractivity contribution in [3.63, 3.8) is 0 Å². The van der Waals surface area contributed by atoms with Crippen molar-refractivity contribution in [2.75, 3.05) is 0 Å². The molecular formula is C18H18ClN3. The molecule has 1 spiro atoms. The molecule has 0 bridgehead atoms. The second kappa shape index (κ2) is 4.39. The Morgan fingerprint density at radius 3 is 3.09 bits per heavy atom. The van der Waals surface area contributed by atoms with Crippen LogP contribution in [0.15, 0.2) is 30.6 Å². The van der Waals surface area contributed by atoms with E-state index in [0.29, 0.717) is 0 Å². The number of H-pyrrole nitrogens is 1. The Bertz CT molecular complexity index is 872. The first kappa shape index (κ1) is 12.8. The monoisotopic (exact) mass is 311 g/mol. The van der Waals surface area contributed by atoms with E-state index in [0.717, 1.165) is 18.0 Å². The first-order valence-electron chi connectivity index (χ1n) is 8.10. The molecule has 0 saturated heterocycles. The summed E-state index contributed by atoms with van der Waals surface area (Å²) in [6, 6.07) is 6.19. The van der Waals surface area contributed by atoms with Crippen molar-refractivity contribution in [2.24, 2.45) is 0 Å². The first-order valence-corrected chi connectivity index (χ1v) is 8.48. The van der Waals surface area contributed by atoms with E-state index in [1.165, 1.54) is 53.7 Å². The normalized spacial score (nSPS) is 23.7. The van der Waals surface area contributed by atoms with Crippen LogP contribution in [0.25, 0.3) is 10.9 Å². The number of aromatic amines is 1. The van der Waals surface area contributed by atoms with Gasteiger partial charge in [-0.25, -0.2) is 4.98 Å². The van der Waals surface area contributed by atoms with Gasteiger partial charge in [0.25, 0.3) is 0 Å². The van der Waals surface area contributed by atoms with E-state index in [4.69, 9.17) is 16.6 Å². The number of nitrogens with zero attached hydrogens (tertiary/aromatic N) is 2. The number of hydrogen-bond acceptors (Lipinski definition) is 1. The average molecular weight is 312 g/mol. The molecule has 0 saturated carbocycles. The highest BCUT2D eigenvalue weighted by atomic mass is 35.5. The Morgan fingerprint density at radius 2 is 2.14 bits per heavy atom. The van der Waals surface area contributed by atoms with Crippen molar-refractivity contribution in [2.45, 2.75) is 44.1 Å². The number of nitrogens with one attached hydrogen (secondary N) is 1. The van der Waals surface area contributed by atoms with Gasteiger partial charge in [0.15, 0.2) is 0 Å². The Balaban J connectivity index is 1.82. The molecule has 1 N–H and O–H groups in total. The van der Waals surface area contributed by atoms with Crippen LogP contribution in [0.5, 0.6) is 0 Å². The SMILES string of the molecule is Clc1ccc2[nH]c3c(c2c1)CCCC31CCCn2ccnc21. The number of imidazole rings is 1. The molecule has 1 aromatic carbocycles. The number of fused-ring (bicyclic) bond motifs is 6. The zero-order valence-corrected chi connectivity index (χ0v) is 13.2. The molecule has 1 aliphatic heterocycles. The Morgan fingerprint density at radius 1 is 1.23 bits per heavy atom. The molecule has 3 aromatic rings. The third kappa shape index (κ3) is 1.55. The van der Waals surface area contributed by atoms with Crippen molar-refractivity contribution >= 4 is 22.5 Å². The smallest absolute Gasteiger partial charge is 0.120 e. The van der Waals surface area contributed by atoms with E-state index < -0.39 is 0 Å². The molecular weight excluding hydrogens is 294 g/mol. The van der Waals surface area contributed by atoms with E-state index in [1.54, 1.807) is 0 Å². The molecule has 2 aliphatic rings. The van der Waals surface area contributed by atoms with Crippen molar-refractivity contribution < 1.29 is 0 Å². The van der Waals surface area contributed by atoms with Crippen molar-refractivity contribution in [3.05, 3.63) is 52.7 Å². The first-order chi connectivity index (χ1) is 10.8. The molecule has 0 fully saturated rings. The molecule has 22 heavy (non-hydrogen) atoms. The lowest BCUT2D eigenvalue weighted by atomic mass is 9.68. The Labute approximate surface area is 134 Å². The van der Waals surface area contributed by atoms with E-state index in [9.17, 15) is 0 Å². The summed E-state index contributed by atoms with van der Waals surface area (Å²) in [5, 5.41) is 2.12. The summed E-state index contributed by atoms with van der Waals surface area (Å²) in [7, 11) is 0. The molecule has 3 heterocycles. The number of benzene rings is 1. The number of rotatable bonds is 0. The highest BCUT2D eigenvalue weighted by Crippen LogP contribution is 2.48. The summed E-state index contributed by atoms with van der Waals surface area (Å²) in [5.74, 6) is 1.25. The van der Waals surface area contributed by atoms with Gasteiger partial charge < -0.3 is 9.55 Å². The van der Waals surface area contributed by atoms with Gasteiger partial charge in [-0.05, 0) is 55.9 Å². The van der Waals surface area contributed by atoms with Crippen LogP contribution in [0.1, 0.15) is 42.8 Å². The lowest BCUT2D eigenvalue weighted by molar-refractivity contribution is 0.305. The standard InChI is InChI=1S/C18H18ClN3/c19-12-4-5-15-14(11-12)13-3-1-6-18(16(13)21-15)7-2-9-22-10-8-20-17(18)22/h4-5,8,10-11,21H,1-3,6-7,9H2. The highest BCUT2D eigenvalue weighted by molar-refractivity contribution is 6.31. The lowest BCUT2D eigenvalue weighted by Crippen LogP contribution is -2.38. The fraction of sp³-hybridized carbons (Fsp3) is 0.389. The second-order valence-corrected chi connectivity index (χ2v) is 7.09. The third-order valence-electron chi connectivity index (χ3n) is 5.52. The van der Waals surface area contributed by atoms with E-state index in [2.05, 4.69) is 27.9 Å². The average Bonchev–Trinajstić information content (AvgIpc) is 3.14. The topological polar surface area (TPSA) is 33.6 Å². The van der Waals surface area contributed by atoms with Crippen LogP contribution in [-0.4, -0.2) is 14.5 Å². The van der Waals surface area contributed by atoms with Gasteiger partial charge in [0.05, 0.1) is 5.41 Å². The molecule has 1 unspecified atom stereocenters. The van der Waals surface area contributed by atoms with E-state index >= 15 is 0 Å². The lowest BCUT2D eigenvalue weighted by Gasteiger charge is -2.40. The van der Waals surface area contributed by atoms with Gasteiger partial charge in [0.1, 0.15) is 5.82 Å². The molecule has 2 aromatic heterocycles. The van der Waals surface area contributed by atoms with Crippen LogP contribution in [0.2, 0.25) is 5.02 Å². The largest absolute Gasteiger partial charge is 0.357 e. The summed E-state index contributed by atoms with van der Waals surface area (Å²) in [6.07, 6.45) is 10.0. The molecule has 1 aliphatic carbocycles. The molecule has 5 rings (SSSR count). The van der Waals surface area contributed by atoms with Crippen molar-refractivity contribution in [1.82, 2.24) is 14.5 Å². The fourth-order valence-corrected chi connectivity index (χ4v) is 4.80. The number of aryl methyl sites for hydroxylation is 2. The van der Waals surface area contributed by atoms with Crippen LogP contribution in [0, 0.1) is 0 Å². The van der Waals surface area contributed by atoms with Gasteiger partial charge >= 0.3 is 0 Å². The molecule has 4 heteroatoms. The summed E-state index contributed by atoms with van der Waals surface area (Å²) in [6.45, 7) is 1.10. The molecule has 0 amide bonds. The zero-order valence-electron chi connectivity index (χ0n) is 12.4. The van der Waals surface area contributed by atoms with Gasteiger partial charge in [-0.2, -0.15) is 0 Å². The van der Waals surface area contributed by atoms with Gasteiger partial charge in [0, 0.05) is 40.6 Å². The zero-order chi connectivity index (χ0) is 14.7. The van der Waals surface area contributed by atoms with Gasteiger partial charge in [-0.3, -0.25) is 0 Å². The van der Waals surface area contributed by atoms with Gasteiger partial charge in [-0.15, -0.1) is 0 Å². The molecule has 3 nitrogen and oxygen atoms in total. The van der Waals surface area contributed by atoms with Crippen LogP contribution in [-0.2, 0) is 18.4 Å². The summed E-state index contributed by atoms with van der Waals surface area (Å²) >= 11 is 6.23. The summed E-state index contributed by atoms with van der Waals surface area (Å²) in [5.41, 5.74) is 4.13. The highest BCUT2D eigenvalue weighted by Gasteiger charge is 2.44. The number of halogens is 1. The maximum atomic E-state index is 6.23. The maximum Gasteiger partial charge on any atom is 0.120 e.